The lowest BCUT2D eigenvalue weighted by atomic mass is 9.96. The molecule has 3 atom stereocenters. The van der Waals surface area contributed by atoms with Gasteiger partial charge < -0.3 is 21.5 Å². The largest absolute Gasteiger partial charge is 0.481 e. The van der Waals surface area contributed by atoms with E-state index in [-0.39, 0.29) is 24.1 Å². The van der Waals surface area contributed by atoms with Crippen molar-refractivity contribution in [1.29, 1.82) is 0 Å². The fourth-order valence-electron chi connectivity index (χ4n) is 4.24. The molecule has 0 saturated heterocycles. The van der Waals surface area contributed by atoms with E-state index in [1.807, 2.05) is 30.3 Å². The quantitative estimate of drug-likeness (QED) is 0.441. The van der Waals surface area contributed by atoms with Gasteiger partial charge in [-0.3, -0.25) is 19.1 Å². The summed E-state index contributed by atoms with van der Waals surface area (Å²) in [5.74, 6) is -2.12. The van der Waals surface area contributed by atoms with E-state index in [1.165, 1.54) is 0 Å². The minimum atomic E-state index is -0.820. The van der Waals surface area contributed by atoms with E-state index in [9.17, 15) is 19.5 Å². The summed E-state index contributed by atoms with van der Waals surface area (Å²) in [6, 6.07) is 10.5. The summed E-state index contributed by atoms with van der Waals surface area (Å²) in [6.45, 7) is 0.678. The predicted molar refractivity (Wildman–Crippen MR) is 120 cm³/mol. The summed E-state index contributed by atoms with van der Waals surface area (Å²) < 4.78 is 1.63. The molecule has 5 N–H and O–H groups in total. The van der Waals surface area contributed by atoms with Crippen molar-refractivity contribution in [1.82, 2.24) is 20.4 Å². The first-order chi connectivity index (χ1) is 15.4. The van der Waals surface area contributed by atoms with Crippen LogP contribution in [0.4, 0.5) is 0 Å². The Morgan fingerprint density at radius 2 is 2.00 bits per heavy atom. The molecule has 3 rings (SSSR count). The molecule has 1 fully saturated rings. The van der Waals surface area contributed by atoms with Gasteiger partial charge in [-0.1, -0.05) is 36.8 Å². The van der Waals surface area contributed by atoms with Crippen LogP contribution in [0.25, 0.3) is 11.3 Å². The van der Waals surface area contributed by atoms with E-state index in [0.29, 0.717) is 25.8 Å². The molecule has 9 nitrogen and oxygen atoms in total. The molecule has 2 aromatic rings. The van der Waals surface area contributed by atoms with E-state index >= 15 is 0 Å². The zero-order valence-electron chi connectivity index (χ0n) is 18.3. The molecule has 0 bridgehead atoms. The molecule has 0 spiro atoms. The minimum Gasteiger partial charge on any atom is -0.481 e. The van der Waals surface area contributed by atoms with Crippen LogP contribution in [-0.4, -0.2) is 51.8 Å². The molecule has 172 valence electrons. The standard InChI is InChI=1S/C23H31N5O4/c1-28-20(15-7-3-2-4-8-15)13-19(27-28)22(30)26-18(11-6-12-24)21(29)25-14-16-9-5-10-17(16)23(31)32/h2-4,7-8,13,16-18H,5-6,9-12,14,24H2,1H3,(H,25,29)(H,26,30)(H,31,32)/t16-,17-,18+/m1/s1. The zero-order chi connectivity index (χ0) is 23.1. The van der Waals surface area contributed by atoms with Crippen molar-refractivity contribution < 1.29 is 19.5 Å². The van der Waals surface area contributed by atoms with Gasteiger partial charge in [0.05, 0.1) is 11.6 Å². The average Bonchev–Trinajstić information content (AvgIpc) is 3.42. The van der Waals surface area contributed by atoms with Crippen LogP contribution in [0, 0.1) is 11.8 Å². The van der Waals surface area contributed by atoms with E-state index in [0.717, 1.165) is 24.1 Å². The highest BCUT2D eigenvalue weighted by Crippen LogP contribution is 2.31. The topological polar surface area (TPSA) is 139 Å². The number of aliphatic carboxylic acids is 1. The lowest BCUT2D eigenvalue weighted by Crippen LogP contribution is -2.48. The van der Waals surface area contributed by atoms with E-state index in [4.69, 9.17) is 5.73 Å². The molecule has 32 heavy (non-hydrogen) atoms. The van der Waals surface area contributed by atoms with Gasteiger partial charge in [-0.05, 0) is 49.8 Å². The summed E-state index contributed by atoms with van der Waals surface area (Å²) in [4.78, 5) is 37.0. The Kier molecular flexibility index (Phi) is 7.99. The maximum Gasteiger partial charge on any atom is 0.306 e. The van der Waals surface area contributed by atoms with Gasteiger partial charge in [0, 0.05) is 13.6 Å². The lowest BCUT2D eigenvalue weighted by molar-refractivity contribution is -0.143. The molecular formula is C23H31N5O4. The van der Waals surface area contributed by atoms with Crippen LogP contribution in [0.1, 0.15) is 42.6 Å². The normalized spacial score (nSPS) is 18.8. The van der Waals surface area contributed by atoms with Gasteiger partial charge in [-0.25, -0.2) is 0 Å². The number of rotatable bonds is 10. The first-order valence-corrected chi connectivity index (χ1v) is 11.0. The smallest absolute Gasteiger partial charge is 0.306 e. The van der Waals surface area contributed by atoms with Gasteiger partial charge in [0.2, 0.25) is 5.91 Å². The van der Waals surface area contributed by atoms with E-state index in [2.05, 4.69) is 15.7 Å². The number of nitrogens with one attached hydrogen (secondary N) is 2. The number of nitrogens with zero attached hydrogens (tertiary/aromatic N) is 2. The number of carboxylic acid groups (broad SMARTS) is 1. The maximum atomic E-state index is 12.8. The number of aromatic nitrogens is 2. The molecule has 2 amide bonds. The van der Waals surface area contributed by atoms with Crippen molar-refractivity contribution in [2.75, 3.05) is 13.1 Å². The van der Waals surface area contributed by atoms with E-state index in [1.54, 1.807) is 17.8 Å². The highest BCUT2D eigenvalue weighted by Gasteiger charge is 2.33. The van der Waals surface area contributed by atoms with Gasteiger partial charge in [-0.2, -0.15) is 5.10 Å². The van der Waals surface area contributed by atoms with Crippen LogP contribution in [0.2, 0.25) is 0 Å². The van der Waals surface area contributed by atoms with Gasteiger partial charge in [0.1, 0.15) is 6.04 Å². The highest BCUT2D eigenvalue weighted by atomic mass is 16.4. The predicted octanol–water partition coefficient (Wildman–Crippen LogP) is 1.54. The van der Waals surface area contributed by atoms with Crippen LogP contribution in [0.3, 0.4) is 0 Å². The molecule has 1 aliphatic carbocycles. The molecule has 1 aliphatic rings. The van der Waals surface area contributed by atoms with Crippen molar-refractivity contribution in [2.45, 2.75) is 38.1 Å². The number of carboxylic acids is 1. The Bertz CT molecular complexity index is 943. The number of carbonyl (C=O) groups is 3. The Morgan fingerprint density at radius 1 is 1.25 bits per heavy atom. The summed E-state index contributed by atoms with van der Waals surface area (Å²) in [5.41, 5.74) is 7.55. The molecule has 1 aromatic carbocycles. The molecule has 9 heteroatoms. The Labute approximate surface area is 187 Å². The number of benzene rings is 1. The number of nitrogens with two attached hydrogens (primary N) is 1. The van der Waals surface area contributed by atoms with Crippen LogP contribution in [0.15, 0.2) is 36.4 Å². The number of aryl methyl sites for hydroxylation is 1. The second kappa shape index (κ2) is 10.9. The molecule has 1 heterocycles. The SMILES string of the molecule is Cn1nc(C(=O)N[C@@H](CCCN)C(=O)NC[C@H]2CCC[C@H]2C(=O)O)cc1-c1ccccc1. The Balaban J connectivity index is 1.65. The first kappa shape index (κ1) is 23.5. The van der Waals surface area contributed by atoms with Gasteiger partial charge in [0.25, 0.3) is 5.91 Å². The summed E-state index contributed by atoms with van der Waals surface area (Å²) in [7, 11) is 1.76. The van der Waals surface area contributed by atoms with Crippen molar-refractivity contribution in [3.8, 4) is 11.3 Å². The number of carbonyl (C=O) groups excluding carboxylic acids is 2. The monoisotopic (exact) mass is 441 g/mol. The molecule has 0 aliphatic heterocycles. The molecular weight excluding hydrogens is 410 g/mol. The van der Waals surface area contributed by atoms with Crippen LogP contribution < -0.4 is 16.4 Å². The summed E-state index contributed by atoms with van der Waals surface area (Å²) in [5, 5.41) is 19.2. The van der Waals surface area contributed by atoms with Crippen LogP contribution in [-0.2, 0) is 16.6 Å². The first-order valence-electron chi connectivity index (χ1n) is 11.0. The molecule has 0 radical (unpaired) electrons. The minimum absolute atomic E-state index is 0.0912. The van der Waals surface area contributed by atoms with Crippen LogP contribution >= 0.6 is 0 Å². The summed E-state index contributed by atoms with van der Waals surface area (Å²) >= 11 is 0. The number of hydrogen-bond acceptors (Lipinski definition) is 5. The second-order valence-electron chi connectivity index (χ2n) is 8.24. The molecule has 1 saturated carbocycles. The van der Waals surface area contributed by atoms with Gasteiger partial charge >= 0.3 is 5.97 Å². The van der Waals surface area contributed by atoms with Crippen molar-refractivity contribution in [3.05, 3.63) is 42.1 Å². The summed E-state index contributed by atoms with van der Waals surface area (Å²) in [6.07, 6.45) is 3.20. The lowest BCUT2D eigenvalue weighted by Gasteiger charge is -2.21. The van der Waals surface area contributed by atoms with E-state index < -0.39 is 23.8 Å². The Hall–Kier alpha value is -3.20. The van der Waals surface area contributed by atoms with Crippen molar-refractivity contribution in [2.24, 2.45) is 24.6 Å². The maximum absolute atomic E-state index is 12.8. The third kappa shape index (κ3) is 5.73. The third-order valence-electron chi connectivity index (χ3n) is 6.02. The second-order valence-corrected chi connectivity index (χ2v) is 8.24. The fourth-order valence-corrected chi connectivity index (χ4v) is 4.24. The molecule has 0 unspecified atom stereocenters. The van der Waals surface area contributed by atoms with Gasteiger partial charge in [-0.15, -0.1) is 0 Å². The third-order valence-corrected chi connectivity index (χ3v) is 6.02. The number of amides is 2. The Morgan fingerprint density at radius 3 is 2.69 bits per heavy atom. The highest BCUT2D eigenvalue weighted by molar-refractivity contribution is 5.97. The van der Waals surface area contributed by atoms with Crippen molar-refractivity contribution >= 4 is 17.8 Å². The van der Waals surface area contributed by atoms with Gasteiger partial charge in [0.15, 0.2) is 5.69 Å². The fraction of sp³-hybridized carbons (Fsp3) is 0.478. The molecule has 1 aromatic heterocycles. The number of hydrogen-bond donors (Lipinski definition) is 4. The van der Waals surface area contributed by atoms with Crippen LogP contribution in [0.5, 0.6) is 0 Å². The van der Waals surface area contributed by atoms with Crippen molar-refractivity contribution in [3.63, 3.8) is 0 Å². The zero-order valence-corrected chi connectivity index (χ0v) is 18.3. The average molecular weight is 442 g/mol.